The molecule has 0 aliphatic carbocycles. The van der Waals surface area contributed by atoms with Crippen molar-refractivity contribution < 1.29 is 28.6 Å². The van der Waals surface area contributed by atoms with Gasteiger partial charge < -0.3 is 14.2 Å². The van der Waals surface area contributed by atoms with Crippen LogP contribution in [0.1, 0.15) is 201 Å². The maximum atomic E-state index is 12.8. The fraction of sp³-hybridized carbons (Fsp3) is 0.557. The van der Waals surface area contributed by atoms with E-state index < -0.39 is 6.10 Å². The van der Waals surface area contributed by atoms with E-state index in [4.69, 9.17) is 14.2 Å². The van der Waals surface area contributed by atoms with Crippen molar-refractivity contribution in [1.29, 1.82) is 0 Å². The highest BCUT2D eigenvalue weighted by atomic mass is 16.6. The standard InChI is InChI=1S/C61H94O6/c1-4-7-10-13-16-19-22-25-28-29-30-31-34-36-39-42-45-48-51-54-60(63)66-57-58(67-61(64)55-52-49-46-43-40-37-33-27-24-21-18-15-12-9-6-3)56-65-59(62)53-50-47-44-41-38-35-32-26-23-20-17-14-11-8-5-2/h7,9-10,12,15-21,23-28,30-31,33,36,39,45,48,58H,4-6,8,11,13-14,22,29,32,34-35,37-38,40-44,46-47,49-57H2,1-3H3/b10-7-,12-9-,18-15-,19-16-,20-17-,24-21-,26-23-,28-25-,31-30-,33-27-,39-36-,48-45-. The van der Waals surface area contributed by atoms with Gasteiger partial charge in [0.25, 0.3) is 0 Å². The van der Waals surface area contributed by atoms with Crippen LogP contribution in [0.25, 0.3) is 0 Å². The summed E-state index contributed by atoms with van der Waals surface area (Å²) in [7, 11) is 0. The van der Waals surface area contributed by atoms with Crippen molar-refractivity contribution in [2.45, 2.75) is 207 Å². The number of allylic oxidation sites excluding steroid dienone is 24. The molecule has 0 bridgehead atoms. The molecule has 0 aliphatic rings. The second kappa shape index (κ2) is 53.9. The molecule has 0 aromatic heterocycles. The largest absolute Gasteiger partial charge is 0.462 e. The van der Waals surface area contributed by atoms with Crippen molar-refractivity contribution in [2.75, 3.05) is 13.2 Å². The van der Waals surface area contributed by atoms with Gasteiger partial charge in [-0.3, -0.25) is 14.4 Å². The molecule has 0 aromatic carbocycles. The fourth-order valence-electron chi connectivity index (χ4n) is 6.53. The molecule has 1 unspecified atom stereocenters. The topological polar surface area (TPSA) is 78.9 Å². The van der Waals surface area contributed by atoms with Crippen molar-refractivity contribution in [3.8, 4) is 0 Å². The van der Waals surface area contributed by atoms with Crippen LogP contribution in [-0.2, 0) is 28.6 Å². The molecule has 0 saturated heterocycles. The molecule has 0 N–H and O–H groups in total. The van der Waals surface area contributed by atoms with Crippen molar-refractivity contribution >= 4 is 17.9 Å². The number of ether oxygens (including phenoxy) is 3. The Morgan fingerprint density at radius 2 is 0.687 bits per heavy atom. The normalized spacial score (nSPS) is 13.3. The second-order valence-electron chi connectivity index (χ2n) is 16.8. The van der Waals surface area contributed by atoms with Gasteiger partial charge in [0, 0.05) is 19.3 Å². The van der Waals surface area contributed by atoms with E-state index in [1.54, 1.807) is 0 Å². The zero-order chi connectivity index (χ0) is 48.6. The molecule has 0 amide bonds. The SMILES string of the molecule is CC\C=C/C=C\C=C/C=C\CCCCCCCC(=O)OC(COC(=O)CC/C=C\C/C=C\C/C=C\C/C=C\C/C=C\C/C=C\CC)COC(=O)CCCCCCCC/C=C\C=C/CCCCC. The smallest absolute Gasteiger partial charge is 0.306 e. The predicted molar refractivity (Wildman–Crippen MR) is 288 cm³/mol. The van der Waals surface area contributed by atoms with Gasteiger partial charge in [-0.1, -0.05) is 224 Å². The maximum absolute atomic E-state index is 12.8. The van der Waals surface area contributed by atoms with Gasteiger partial charge in [0.1, 0.15) is 13.2 Å². The monoisotopic (exact) mass is 923 g/mol. The number of carbonyl (C=O) groups is 3. The zero-order valence-corrected chi connectivity index (χ0v) is 42.6. The third-order valence-electron chi connectivity index (χ3n) is 10.4. The number of esters is 3. The molecule has 0 saturated carbocycles. The van der Waals surface area contributed by atoms with E-state index in [0.29, 0.717) is 12.8 Å². The molecule has 67 heavy (non-hydrogen) atoms. The Bertz CT molecular complexity index is 1530. The van der Waals surface area contributed by atoms with Crippen molar-refractivity contribution in [1.82, 2.24) is 0 Å². The Labute approximate surface area is 410 Å². The molecule has 1 atom stereocenters. The predicted octanol–water partition coefficient (Wildman–Crippen LogP) is 17.6. The lowest BCUT2D eigenvalue weighted by Crippen LogP contribution is -2.30. The summed E-state index contributed by atoms with van der Waals surface area (Å²) >= 11 is 0. The quantitative estimate of drug-likeness (QED) is 0.0199. The van der Waals surface area contributed by atoms with E-state index in [9.17, 15) is 14.4 Å². The lowest BCUT2D eigenvalue weighted by atomic mass is 10.1. The Balaban J connectivity index is 4.59. The molecule has 0 aliphatic heterocycles. The number of carbonyl (C=O) groups excluding carboxylic acids is 3. The molecule has 0 aromatic rings. The average molecular weight is 923 g/mol. The molecule has 0 fully saturated rings. The summed E-state index contributed by atoms with van der Waals surface area (Å²) in [5.74, 6) is -1.06. The molecule has 0 radical (unpaired) electrons. The number of hydrogen-bond acceptors (Lipinski definition) is 6. The molecule has 0 heterocycles. The minimum Gasteiger partial charge on any atom is -0.462 e. The first-order chi connectivity index (χ1) is 33.0. The Hall–Kier alpha value is -4.71. The van der Waals surface area contributed by atoms with Crippen LogP contribution in [0.4, 0.5) is 0 Å². The van der Waals surface area contributed by atoms with Gasteiger partial charge in [-0.05, 0) is 103 Å². The number of rotatable bonds is 45. The highest BCUT2D eigenvalue weighted by Gasteiger charge is 2.19. The van der Waals surface area contributed by atoms with E-state index in [-0.39, 0.29) is 44.0 Å². The van der Waals surface area contributed by atoms with Gasteiger partial charge >= 0.3 is 17.9 Å². The van der Waals surface area contributed by atoms with Crippen LogP contribution in [0.2, 0.25) is 0 Å². The van der Waals surface area contributed by atoms with Crippen LogP contribution >= 0.6 is 0 Å². The lowest BCUT2D eigenvalue weighted by Gasteiger charge is -2.18. The summed E-state index contributed by atoms with van der Waals surface area (Å²) in [4.78, 5) is 38.0. The molecule has 6 nitrogen and oxygen atoms in total. The maximum Gasteiger partial charge on any atom is 0.306 e. The van der Waals surface area contributed by atoms with Crippen LogP contribution in [0, 0.1) is 0 Å². The van der Waals surface area contributed by atoms with Gasteiger partial charge in [-0.15, -0.1) is 0 Å². The van der Waals surface area contributed by atoms with Gasteiger partial charge in [0.15, 0.2) is 6.10 Å². The lowest BCUT2D eigenvalue weighted by molar-refractivity contribution is -0.166. The van der Waals surface area contributed by atoms with E-state index in [1.165, 1.54) is 32.1 Å². The van der Waals surface area contributed by atoms with Crippen LogP contribution < -0.4 is 0 Å². The first-order valence-corrected chi connectivity index (χ1v) is 26.4. The Morgan fingerprint density at radius 3 is 1.16 bits per heavy atom. The fourth-order valence-corrected chi connectivity index (χ4v) is 6.53. The van der Waals surface area contributed by atoms with Crippen LogP contribution in [0.5, 0.6) is 0 Å². The summed E-state index contributed by atoms with van der Waals surface area (Å²) in [5, 5.41) is 0. The minimum atomic E-state index is -0.832. The van der Waals surface area contributed by atoms with Gasteiger partial charge in [-0.25, -0.2) is 0 Å². The average Bonchev–Trinajstić information content (AvgIpc) is 3.33. The summed E-state index contributed by atoms with van der Waals surface area (Å²) in [6.45, 7) is 6.24. The van der Waals surface area contributed by atoms with Gasteiger partial charge in [0.2, 0.25) is 0 Å². The first kappa shape index (κ1) is 62.3. The minimum absolute atomic E-state index is 0.124. The molecular formula is C61H94O6. The zero-order valence-electron chi connectivity index (χ0n) is 42.6. The highest BCUT2D eigenvalue weighted by molar-refractivity contribution is 5.71. The molecule has 0 spiro atoms. The van der Waals surface area contributed by atoms with E-state index in [0.717, 1.165) is 122 Å². The number of hydrogen-bond donors (Lipinski definition) is 0. The summed E-state index contributed by atoms with van der Waals surface area (Å²) in [6, 6.07) is 0. The Kier molecular flexibility index (Phi) is 50.1. The third kappa shape index (κ3) is 52.1. The number of unbranched alkanes of at least 4 members (excludes halogenated alkanes) is 14. The second-order valence-corrected chi connectivity index (χ2v) is 16.8. The highest BCUT2D eigenvalue weighted by Crippen LogP contribution is 2.12. The first-order valence-electron chi connectivity index (χ1n) is 26.4. The van der Waals surface area contributed by atoms with Crippen molar-refractivity contribution in [3.63, 3.8) is 0 Å². The van der Waals surface area contributed by atoms with Crippen molar-refractivity contribution in [2.24, 2.45) is 0 Å². The van der Waals surface area contributed by atoms with Crippen molar-refractivity contribution in [3.05, 3.63) is 146 Å². The molecule has 6 heteroatoms. The van der Waals surface area contributed by atoms with Gasteiger partial charge in [-0.2, -0.15) is 0 Å². The van der Waals surface area contributed by atoms with Crippen LogP contribution in [0.15, 0.2) is 146 Å². The van der Waals surface area contributed by atoms with Crippen LogP contribution in [-0.4, -0.2) is 37.2 Å². The summed E-state index contributed by atoms with van der Waals surface area (Å²) < 4.78 is 16.7. The van der Waals surface area contributed by atoms with E-state index in [2.05, 4.69) is 130 Å². The molecule has 0 rings (SSSR count). The van der Waals surface area contributed by atoms with E-state index in [1.807, 2.05) is 36.5 Å². The summed E-state index contributed by atoms with van der Waals surface area (Å²) in [5.41, 5.74) is 0. The van der Waals surface area contributed by atoms with Gasteiger partial charge in [0.05, 0.1) is 0 Å². The summed E-state index contributed by atoms with van der Waals surface area (Å²) in [6.07, 6.45) is 76.9. The molecule has 374 valence electrons. The Morgan fingerprint density at radius 1 is 0.328 bits per heavy atom. The van der Waals surface area contributed by atoms with E-state index >= 15 is 0 Å². The third-order valence-corrected chi connectivity index (χ3v) is 10.4. The molecular weight excluding hydrogens is 829 g/mol. The van der Waals surface area contributed by atoms with Crippen LogP contribution in [0.3, 0.4) is 0 Å².